The molecule has 1 saturated heterocycles. The number of carbonyl (C=O) groups excluding carboxylic acids is 2. The maximum Gasteiger partial charge on any atom is 0.407 e. The lowest BCUT2D eigenvalue weighted by Gasteiger charge is -2.52. The fourth-order valence-electron chi connectivity index (χ4n) is 8.73. The molecule has 17 heteroatoms. The number of alkyl carbamates (subject to hydrolysis) is 1. The predicted octanol–water partition coefficient (Wildman–Crippen LogP) is 3.50. The fourth-order valence-corrected chi connectivity index (χ4v) is 8.73. The molecule has 2 aliphatic heterocycles. The molecule has 7 rings (SSSR count). The summed E-state index contributed by atoms with van der Waals surface area (Å²) < 4.78 is 18.0. The number of fused-ring (bicyclic) bond motifs is 3. The van der Waals surface area contributed by atoms with E-state index in [2.05, 4.69) is 42.3 Å². The number of carbonyl (C=O) groups is 2. The van der Waals surface area contributed by atoms with Gasteiger partial charge in [0.2, 0.25) is 5.91 Å². The molecule has 4 heterocycles. The number of aliphatic hydroxyl groups is 1. The number of nitrogens with zero attached hydrogens (tertiary/aromatic N) is 8. The molecule has 0 unspecified atom stereocenters. The van der Waals surface area contributed by atoms with Crippen molar-refractivity contribution in [3.05, 3.63) is 75.7 Å². The number of ether oxygens (including phenoxy) is 3. The van der Waals surface area contributed by atoms with E-state index >= 15 is 0 Å². The van der Waals surface area contributed by atoms with Crippen LogP contribution in [0.5, 0.6) is 11.5 Å². The van der Waals surface area contributed by atoms with E-state index in [9.17, 15) is 19.7 Å². The van der Waals surface area contributed by atoms with Gasteiger partial charge >= 0.3 is 6.09 Å². The van der Waals surface area contributed by atoms with E-state index in [1.54, 1.807) is 43.3 Å². The van der Waals surface area contributed by atoms with E-state index in [0.717, 1.165) is 62.8 Å². The molecule has 2 N–H and O–H groups in total. The van der Waals surface area contributed by atoms with Crippen molar-refractivity contribution in [1.82, 2.24) is 34.9 Å². The van der Waals surface area contributed by atoms with Crippen LogP contribution < -0.4 is 19.7 Å². The van der Waals surface area contributed by atoms with Crippen LogP contribution in [-0.4, -0.2) is 125 Å². The van der Waals surface area contributed by atoms with E-state index in [0.29, 0.717) is 55.4 Å². The van der Waals surface area contributed by atoms with Crippen molar-refractivity contribution in [2.45, 2.75) is 50.6 Å². The first-order chi connectivity index (χ1) is 27.3. The van der Waals surface area contributed by atoms with E-state index in [1.807, 2.05) is 4.90 Å². The lowest BCUT2D eigenvalue weighted by atomic mass is 9.68. The lowest BCUT2D eigenvalue weighted by molar-refractivity contribution is -0.385. The molecule has 1 spiro atoms. The van der Waals surface area contributed by atoms with E-state index in [1.165, 1.54) is 23.5 Å². The Balaban J connectivity index is 1.01. The molecule has 56 heavy (non-hydrogen) atoms. The highest BCUT2D eigenvalue weighted by molar-refractivity contribution is 5.87. The highest BCUT2D eigenvalue weighted by Crippen LogP contribution is 2.50. The van der Waals surface area contributed by atoms with Crippen molar-refractivity contribution >= 4 is 34.5 Å². The fraction of sp³-hybridized carbons (Fsp3) is 0.513. The zero-order chi connectivity index (χ0) is 39.2. The molecule has 298 valence electrons. The number of aliphatic hydroxyl groups excluding tert-OH is 1. The second-order valence-corrected chi connectivity index (χ2v) is 14.5. The van der Waals surface area contributed by atoms with Crippen molar-refractivity contribution in [3.63, 3.8) is 0 Å². The molecule has 2 aromatic heterocycles. The number of amides is 2. The smallest absolute Gasteiger partial charge is 0.407 e. The number of anilines is 1. The standard InChI is InChI=1S/C39H49N9O8/c1-54-33-22-28-10-15-46(14-5-13-40-38(51)56-21-20-49)39(31(28)23-34(33)55-2)11-8-27(9-12-39)37(50)45-18-16-44(17-19-45)35-30-24-43-47(36(30)42-26-41-35)25-29-6-3-4-7-32(29)48(52)53/h3-4,6-7,22-24,26-27,49H,5,8-21,25H2,1-2H3,(H,40,51). The van der Waals surface area contributed by atoms with Gasteiger partial charge in [0, 0.05) is 63.3 Å². The van der Waals surface area contributed by atoms with Crippen molar-refractivity contribution in [2.24, 2.45) is 5.92 Å². The Morgan fingerprint density at radius 2 is 1.79 bits per heavy atom. The second-order valence-electron chi connectivity index (χ2n) is 14.5. The molecule has 3 aliphatic rings. The quantitative estimate of drug-likeness (QED) is 0.114. The molecular formula is C39H49N9O8. The van der Waals surface area contributed by atoms with Crippen LogP contribution in [0.25, 0.3) is 11.0 Å². The average Bonchev–Trinajstić information content (AvgIpc) is 3.64. The summed E-state index contributed by atoms with van der Waals surface area (Å²) in [5, 5.41) is 28.6. The first-order valence-corrected chi connectivity index (χ1v) is 19.2. The first kappa shape index (κ1) is 38.7. The Bertz CT molecular complexity index is 2040. The normalized spacial score (nSPS) is 19.8. The number of para-hydroxylation sites is 1. The second kappa shape index (κ2) is 17.1. The van der Waals surface area contributed by atoms with Gasteiger partial charge in [-0.1, -0.05) is 18.2 Å². The molecular weight excluding hydrogens is 722 g/mol. The van der Waals surface area contributed by atoms with Crippen LogP contribution in [0.1, 0.15) is 48.8 Å². The highest BCUT2D eigenvalue weighted by Gasteiger charge is 2.47. The topological polar surface area (TPSA) is 191 Å². The summed E-state index contributed by atoms with van der Waals surface area (Å²) in [6.07, 6.45) is 7.36. The minimum absolute atomic E-state index is 0.0328. The molecule has 2 aromatic carbocycles. The van der Waals surface area contributed by atoms with Gasteiger partial charge in [-0.3, -0.25) is 19.8 Å². The van der Waals surface area contributed by atoms with Gasteiger partial charge < -0.3 is 34.4 Å². The number of nitro benzene ring substituents is 1. The van der Waals surface area contributed by atoms with Gasteiger partial charge in [-0.2, -0.15) is 5.10 Å². The predicted molar refractivity (Wildman–Crippen MR) is 206 cm³/mol. The molecule has 1 saturated carbocycles. The number of rotatable bonds is 13. The third-order valence-electron chi connectivity index (χ3n) is 11.5. The van der Waals surface area contributed by atoms with Crippen molar-refractivity contribution in [2.75, 3.05) is 78.1 Å². The molecule has 2 fully saturated rings. The number of nitrogens with one attached hydrogen (secondary N) is 1. The summed E-state index contributed by atoms with van der Waals surface area (Å²) in [4.78, 5) is 53.0. The van der Waals surface area contributed by atoms with Crippen molar-refractivity contribution in [1.29, 1.82) is 0 Å². The van der Waals surface area contributed by atoms with Gasteiger partial charge in [-0.15, -0.1) is 0 Å². The average molecular weight is 772 g/mol. The summed E-state index contributed by atoms with van der Waals surface area (Å²) in [6.45, 7) is 4.34. The summed E-state index contributed by atoms with van der Waals surface area (Å²) in [5.41, 5.74) is 3.33. The van der Waals surface area contributed by atoms with Crippen LogP contribution in [0.15, 0.2) is 48.9 Å². The Hall–Kier alpha value is -5.55. The molecule has 0 bridgehead atoms. The van der Waals surface area contributed by atoms with Crippen molar-refractivity contribution < 1.29 is 33.8 Å². The van der Waals surface area contributed by atoms with Crippen molar-refractivity contribution in [3.8, 4) is 11.5 Å². The largest absolute Gasteiger partial charge is 0.493 e. The van der Waals surface area contributed by atoms with Crippen LogP contribution in [0, 0.1) is 16.0 Å². The molecule has 0 atom stereocenters. The van der Waals surface area contributed by atoms with Crippen LogP contribution in [0.3, 0.4) is 0 Å². The first-order valence-electron chi connectivity index (χ1n) is 19.2. The third kappa shape index (κ3) is 7.77. The Morgan fingerprint density at radius 3 is 2.52 bits per heavy atom. The number of hydrogen-bond donors (Lipinski definition) is 2. The molecule has 2 amide bonds. The maximum atomic E-state index is 14.1. The minimum Gasteiger partial charge on any atom is -0.493 e. The summed E-state index contributed by atoms with van der Waals surface area (Å²) in [7, 11) is 3.30. The number of hydrogen-bond acceptors (Lipinski definition) is 13. The molecule has 4 aromatic rings. The van der Waals surface area contributed by atoms with E-state index in [4.69, 9.17) is 19.3 Å². The van der Waals surface area contributed by atoms with Gasteiger partial charge in [0.05, 0.1) is 49.4 Å². The number of aromatic nitrogens is 4. The third-order valence-corrected chi connectivity index (χ3v) is 11.5. The van der Waals surface area contributed by atoms with Gasteiger partial charge in [-0.05, 0) is 61.8 Å². The van der Waals surface area contributed by atoms with Crippen LogP contribution in [0.2, 0.25) is 0 Å². The Labute approximate surface area is 324 Å². The van der Waals surface area contributed by atoms with E-state index < -0.39 is 11.0 Å². The highest BCUT2D eigenvalue weighted by atomic mass is 16.6. The minimum atomic E-state index is -0.537. The van der Waals surface area contributed by atoms with Crippen LogP contribution >= 0.6 is 0 Å². The van der Waals surface area contributed by atoms with E-state index in [-0.39, 0.29) is 42.8 Å². The van der Waals surface area contributed by atoms with Crippen LogP contribution in [-0.2, 0) is 28.0 Å². The number of piperazine rings is 1. The molecule has 17 nitrogen and oxygen atoms in total. The zero-order valence-electron chi connectivity index (χ0n) is 31.9. The Kier molecular flexibility index (Phi) is 11.8. The summed E-state index contributed by atoms with van der Waals surface area (Å²) in [6, 6.07) is 10.8. The van der Waals surface area contributed by atoms with Gasteiger partial charge in [0.1, 0.15) is 18.8 Å². The summed E-state index contributed by atoms with van der Waals surface area (Å²) >= 11 is 0. The SMILES string of the molecule is COc1cc2c(cc1OC)C1(CCC(C(=O)N3CCN(c4ncnc5c4cnn5Cc4ccccc4[N+](=O)[O-])CC3)CC1)N(CCCNC(=O)OCCO)CC2. The number of methoxy groups -OCH3 is 2. The lowest BCUT2D eigenvalue weighted by Crippen LogP contribution is -2.55. The monoisotopic (exact) mass is 771 g/mol. The molecule has 0 radical (unpaired) electrons. The number of benzene rings is 2. The Morgan fingerprint density at radius 1 is 1.04 bits per heavy atom. The number of nitro groups is 1. The maximum absolute atomic E-state index is 14.1. The zero-order valence-corrected chi connectivity index (χ0v) is 31.9. The van der Waals surface area contributed by atoms with Gasteiger partial charge in [0.25, 0.3) is 5.69 Å². The van der Waals surface area contributed by atoms with Gasteiger partial charge in [0.15, 0.2) is 17.1 Å². The van der Waals surface area contributed by atoms with Gasteiger partial charge in [-0.25, -0.2) is 19.4 Å². The molecule has 1 aliphatic carbocycles. The summed E-state index contributed by atoms with van der Waals surface area (Å²) in [5.74, 6) is 2.22. The van der Waals surface area contributed by atoms with Crippen LogP contribution in [0.4, 0.5) is 16.3 Å².